The molecule has 3 amide bonds. The third-order valence-electron chi connectivity index (χ3n) is 4.55. The average Bonchev–Trinajstić information content (AvgIpc) is 3.04. The number of nitrogens with zero attached hydrogens (tertiary/aromatic N) is 1. The van der Waals surface area contributed by atoms with Gasteiger partial charge in [-0.05, 0) is 45.2 Å². The average molecular weight is 405 g/mol. The first-order valence-electron chi connectivity index (χ1n) is 9.97. The van der Waals surface area contributed by atoms with Crippen molar-refractivity contribution in [2.75, 3.05) is 18.1 Å². The van der Waals surface area contributed by atoms with E-state index in [9.17, 15) is 14.4 Å². The second kappa shape index (κ2) is 9.73. The number of aliphatic hydroxyl groups is 1. The highest BCUT2D eigenvalue weighted by atomic mass is 16.6. The number of alkyl carbamates (subject to hydrolysis) is 1. The molecule has 0 saturated carbocycles. The van der Waals surface area contributed by atoms with Crippen molar-refractivity contribution >= 4 is 23.6 Å². The molecule has 0 aliphatic carbocycles. The molecule has 2 atom stereocenters. The van der Waals surface area contributed by atoms with E-state index in [0.717, 1.165) is 5.56 Å². The quantitative estimate of drug-likeness (QED) is 0.599. The van der Waals surface area contributed by atoms with Crippen LogP contribution in [-0.2, 0) is 20.7 Å². The van der Waals surface area contributed by atoms with Crippen LogP contribution < -0.4 is 15.5 Å². The number of benzene rings is 1. The lowest BCUT2D eigenvalue weighted by atomic mass is 10.1. The minimum atomic E-state index is -0.816. The van der Waals surface area contributed by atoms with Gasteiger partial charge in [-0.3, -0.25) is 14.5 Å². The molecule has 3 N–H and O–H groups in total. The van der Waals surface area contributed by atoms with Gasteiger partial charge in [0.2, 0.25) is 11.8 Å². The summed E-state index contributed by atoms with van der Waals surface area (Å²) >= 11 is 0. The number of nitrogens with one attached hydrogen (secondary N) is 2. The van der Waals surface area contributed by atoms with Gasteiger partial charge < -0.3 is 20.5 Å². The van der Waals surface area contributed by atoms with E-state index in [1.807, 2.05) is 18.2 Å². The third-order valence-corrected chi connectivity index (χ3v) is 4.55. The Kier molecular flexibility index (Phi) is 7.61. The lowest BCUT2D eigenvalue weighted by Crippen LogP contribution is -2.55. The predicted octanol–water partition coefficient (Wildman–Crippen LogP) is 1.75. The van der Waals surface area contributed by atoms with Crippen molar-refractivity contribution in [3.05, 3.63) is 29.8 Å². The molecule has 1 aromatic rings. The molecule has 8 heteroatoms. The molecule has 0 radical (unpaired) electrons. The monoisotopic (exact) mass is 405 g/mol. The van der Waals surface area contributed by atoms with Gasteiger partial charge >= 0.3 is 6.09 Å². The zero-order valence-electron chi connectivity index (χ0n) is 17.5. The topological polar surface area (TPSA) is 108 Å². The van der Waals surface area contributed by atoms with Crippen LogP contribution in [0, 0.1) is 0 Å². The van der Waals surface area contributed by atoms with Crippen LogP contribution in [0.25, 0.3) is 0 Å². The SMILES string of the molecule is CC[C@H](NC(=O)OC(C)(C)C)C(=O)N1c2ccccc2C[C@H]1C(=O)NCCCO. The van der Waals surface area contributed by atoms with Gasteiger partial charge in [0.05, 0.1) is 0 Å². The summed E-state index contributed by atoms with van der Waals surface area (Å²) in [5.41, 5.74) is 0.889. The Balaban J connectivity index is 2.21. The molecule has 0 spiro atoms. The number of hydrogen-bond donors (Lipinski definition) is 3. The molecule has 0 saturated heterocycles. The normalized spacial score (nSPS) is 16.7. The van der Waals surface area contributed by atoms with E-state index < -0.39 is 23.8 Å². The van der Waals surface area contributed by atoms with Crippen LogP contribution in [0.3, 0.4) is 0 Å². The Morgan fingerprint density at radius 2 is 1.97 bits per heavy atom. The Morgan fingerprint density at radius 1 is 1.28 bits per heavy atom. The van der Waals surface area contributed by atoms with E-state index in [4.69, 9.17) is 9.84 Å². The fraction of sp³-hybridized carbons (Fsp3) is 0.571. The standard InChI is InChI=1S/C21H31N3O5/c1-5-15(23-20(28)29-21(2,3)4)19(27)24-16-10-7-6-9-14(16)13-17(24)18(26)22-11-8-12-25/h6-7,9-10,15,17,25H,5,8,11-13H2,1-4H3,(H,22,26)(H,23,28)/t15-,17-/m0/s1. The molecular weight excluding hydrogens is 374 g/mol. The van der Waals surface area contributed by atoms with Crippen LogP contribution in [0.15, 0.2) is 24.3 Å². The molecule has 0 unspecified atom stereocenters. The Bertz CT molecular complexity index is 744. The smallest absolute Gasteiger partial charge is 0.408 e. The molecule has 0 aromatic heterocycles. The van der Waals surface area contributed by atoms with Crippen molar-refractivity contribution in [2.45, 2.75) is 64.6 Å². The van der Waals surface area contributed by atoms with Crippen LogP contribution in [0.4, 0.5) is 10.5 Å². The number of fused-ring (bicyclic) bond motifs is 1. The van der Waals surface area contributed by atoms with Gasteiger partial charge in [-0.1, -0.05) is 25.1 Å². The fourth-order valence-electron chi connectivity index (χ4n) is 3.23. The first-order valence-corrected chi connectivity index (χ1v) is 9.97. The lowest BCUT2D eigenvalue weighted by molar-refractivity contribution is -0.127. The van der Waals surface area contributed by atoms with Crippen LogP contribution in [0.2, 0.25) is 0 Å². The molecule has 1 aliphatic heterocycles. The summed E-state index contributed by atoms with van der Waals surface area (Å²) in [4.78, 5) is 39.7. The molecule has 0 fully saturated rings. The molecule has 2 rings (SSSR count). The summed E-state index contributed by atoms with van der Waals surface area (Å²) in [6.07, 6.45) is 0.525. The van der Waals surface area contributed by atoms with Crippen LogP contribution in [-0.4, -0.2) is 53.9 Å². The maximum absolute atomic E-state index is 13.3. The molecule has 1 heterocycles. The number of rotatable bonds is 7. The van der Waals surface area contributed by atoms with Crippen molar-refractivity contribution in [1.82, 2.24) is 10.6 Å². The number of amides is 3. The largest absolute Gasteiger partial charge is 0.444 e. The first kappa shape index (κ1) is 22.7. The first-order chi connectivity index (χ1) is 13.7. The van der Waals surface area contributed by atoms with Crippen molar-refractivity contribution in [1.29, 1.82) is 0 Å². The van der Waals surface area contributed by atoms with E-state index >= 15 is 0 Å². The zero-order valence-corrected chi connectivity index (χ0v) is 17.5. The molecule has 160 valence electrons. The summed E-state index contributed by atoms with van der Waals surface area (Å²) in [6.45, 7) is 7.35. The van der Waals surface area contributed by atoms with Gasteiger partial charge in [-0.25, -0.2) is 4.79 Å². The highest BCUT2D eigenvalue weighted by Gasteiger charge is 2.40. The zero-order chi connectivity index (χ0) is 21.6. The van der Waals surface area contributed by atoms with Gasteiger partial charge in [-0.2, -0.15) is 0 Å². The van der Waals surface area contributed by atoms with Crippen LogP contribution in [0.5, 0.6) is 0 Å². The van der Waals surface area contributed by atoms with Crippen LogP contribution >= 0.6 is 0 Å². The number of hydrogen-bond acceptors (Lipinski definition) is 5. The minimum absolute atomic E-state index is 0.0223. The number of para-hydroxylation sites is 1. The highest BCUT2D eigenvalue weighted by molar-refractivity contribution is 6.06. The summed E-state index contributed by atoms with van der Waals surface area (Å²) in [5.74, 6) is -0.638. The number of carbonyl (C=O) groups excluding carboxylic acids is 3. The third kappa shape index (κ3) is 5.93. The van der Waals surface area contributed by atoms with E-state index in [0.29, 0.717) is 31.5 Å². The summed E-state index contributed by atoms with van der Waals surface area (Å²) < 4.78 is 5.27. The van der Waals surface area contributed by atoms with Crippen molar-refractivity contribution in [3.8, 4) is 0 Å². The Hall–Kier alpha value is -2.61. The maximum Gasteiger partial charge on any atom is 0.408 e. The molecule has 8 nitrogen and oxygen atoms in total. The van der Waals surface area contributed by atoms with Gasteiger partial charge in [0, 0.05) is 25.3 Å². The molecule has 29 heavy (non-hydrogen) atoms. The molecular formula is C21H31N3O5. The minimum Gasteiger partial charge on any atom is -0.444 e. The van der Waals surface area contributed by atoms with Gasteiger partial charge in [0.25, 0.3) is 0 Å². The number of ether oxygens (including phenoxy) is 1. The second-order valence-electron chi connectivity index (χ2n) is 8.03. The van der Waals surface area contributed by atoms with E-state index in [-0.39, 0.29) is 18.4 Å². The van der Waals surface area contributed by atoms with E-state index in [1.54, 1.807) is 33.8 Å². The maximum atomic E-state index is 13.3. The summed E-state index contributed by atoms with van der Waals surface area (Å²) in [5, 5.41) is 14.3. The van der Waals surface area contributed by atoms with Crippen molar-refractivity contribution < 1.29 is 24.2 Å². The number of carbonyl (C=O) groups is 3. The second-order valence-corrected chi connectivity index (χ2v) is 8.03. The molecule has 1 aliphatic rings. The Labute approximate surface area is 171 Å². The number of aliphatic hydroxyl groups excluding tert-OH is 1. The predicted molar refractivity (Wildman–Crippen MR) is 110 cm³/mol. The van der Waals surface area contributed by atoms with Crippen LogP contribution in [0.1, 0.15) is 46.1 Å². The van der Waals surface area contributed by atoms with Gasteiger partial charge in [-0.15, -0.1) is 0 Å². The van der Waals surface area contributed by atoms with Gasteiger partial charge in [0.15, 0.2) is 0 Å². The summed E-state index contributed by atoms with van der Waals surface area (Å²) in [7, 11) is 0. The van der Waals surface area contributed by atoms with Crippen molar-refractivity contribution in [3.63, 3.8) is 0 Å². The van der Waals surface area contributed by atoms with Crippen molar-refractivity contribution in [2.24, 2.45) is 0 Å². The Morgan fingerprint density at radius 3 is 2.59 bits per heavy atom. The van der Waals surface area contributed by atoms with Gasteiger partial charge in [0.1, 0.15) is 17.7 Å². The lowest BCUT2D eigenvalue weighted by Gasteiger charge is -2.29. The fourth-order valence-corrected chi connectivity index (χ4v) is 3.23. The van der Waals surface area contributed by atoms with E-state index in [1.165, 1.54) is 4.90 Å². The summed E-state index contributed by atoms with van der Waals surface area (Å²) in [6, 6.07) is 5.85. The molecule has 1 aromatic carbocycles. The highest BCUT2D eigenvalue weighted by Crippen LogP contribution is 2.33. The molecule has 0 bridgehead atoms. The number of anilines is 1. The van der Waals surface area contributed by atoms with E-state index in [2.05, 4.69) is 10.6 Å².